The van der Waals surface area contributed by atoms with Gasteiger partial charge in [0.05, 0.1) is 23.0 Å². The van der Waals surface area contributed by atoms with Gasteiger partial charge in [0.2, 0.25) is 5.91 Å². The lowest BCUT2D eigenvalue weighted by Crippen LogP contribution is -2.39. The van der Waals surface area contributed by atoms with Crippen LogP contribution in [0.3, 0.4) is 0 Å². The maximum absolute atomic E-state index is 12.1. The highest BCUT2D eigenvalue weighted by atomic mass is 32.2. The maximum atomic E-state index is 12.1. The first-order chi connectivity index (χ1) is 14.7. The van der Waals surface area contributed by atoms with E-state index in [9.17, 15) is 9.59 Å². The number of nitrogens with one attached hydrogen (secondary N) is 2. The largest absolute Gasteiger partial charge is 0.334 e. The minimum Gasteiger partial charge on any atom is -0.334 e. The smallest absolute Gasteiger partial charge is 0.321 e. The molecule has 30 heavy (non-hydrogen) atoms. The summed E-state index contributed by atoms with van der Waals surface area (Å²) in [6, 6.07) is 18.6. The van der Waals surface area contributed by atoms with Crippen LogP contribution in [-0.2, 0) is 11.3 Å². The second kappa shape index (κ2) is 9.19. The lowest BCUT2D eigenvalue weighted by atomic mass is 10.2. The standard InChI is InChI=1S/C21H18N6O2S/c28-18(26-21(29)22-11-15-7-3-1-4-8-15)13-30-20-17-12-25-27(19(17)23-14-24-20)16-9-5-2-6-10-16/h1-10,12,14H,11,13H2,(H2,22,26,28,29). The Labute approximate surface area is 176 Å². The maximum Gasteiger partial charge on any atom is 0.321 e. The first-order valence-corrected chi connectivity index (χ1v) is 10.2. The van der Waals surface area contributed by atoms with Crippen molar-refractivity contribution in [2.75, 3.05) is 5.75 Å². The molecule has 0 unspecified atom stereocenters. The van der Waals surface area contributed by atoms with Gasteiger partial charge in [-0.25, -0.2) is 19.4 Å². The molecular formula is C21H18N6O2S. The number of urea groups is 1. The number of hydrogen-bond acceptors (Lipinski definition) is 6. The van der Waals surface area contributed by atoms with E-state index < -0.39 is 11.9 Å². The molecule has 4 rings (SSSR count). The zero-order chi connectivity index (χ0) is 20.8. The molecule has 0 radical (unpaired) electrons. The Morgan fingerprint density at radius 3 is 2.47 bits per heavy atom. The summed E-state index contributed by atoms with van der Waals surface area (Å²) in [6.45, 7) is 0.346. The molecular weight excluding hydrogens is 400 g/mol. The zero-order valence-electron chi connectivity index (χ0n) is 15.9. The van der Waals surface area contributed by atoms with Gasteiger partial charge in [-0.3, -0.25) is 10.1 Å². The van der Waals surface area contributed by atoms with Crippen LogP contribution in [0.1, 0.15) is 5.56 Å². The summed E-state index contributed by atoms with van der Waals surface area (Å²) in [5, 5.41) is 10.7. The number of para-hydroxylation sites is 1. The van der Waals surface area contributed by atoms with Crippen molar-refractivity contribution < 1.29 is 9.59 Å². The van der Waals surface area contributed by atoms with Gasteiger partial charge >= 0.3 is 6.03 Å². The predicted molar refractivity (Wildman–Crippen MR) is 114 cm³/mol. The van der Waals surface area contributed by atoms with Crippen LogP contribution in [0.4, 0.5) is 4.79 Å². The van der Waals surface area contributed by atoms with Crippen molar-refractivity contribution in [3.05, 3.63) is 78.8 Å². The third-order valence-electron chi connectivity index (χ3n) is 4.22. The molecule has 0 spiro atoms. The molecule has 2 aromatic carbocycles. The van der Waals surface area contributed by atoms with Gasteiger partial charge in [-0.1, -0.05) is 60.3 Å². The molecule has 2 N–H and O–H groups in total. The van der Waals surface area contributed by atoms with Crippen LogP contribution < -0.4 is 10.6 Å². The number of aromatic nitrogens is 4. The molecule has 0 saturated carbocycles. The second-order valence-electron chi connectivity index (χ2n) is 6.31. The number of rotatable bonds is 6. The number of benzene rings is 2. The van der Waals surface area contributed by atoms with Gasteiger partial charge in [-0.15, -0.1) is 0 Å². The van der Waals surface area contributed by atoms with Gasteiger partial charge < -0.3 is 5.32 Å². The van der Waals surface area contributed by atoms with E-state index in [0.29, 0.717) is 17.2 Å². The lowest BCUT2D eigenvalue weighted by molar-refractivity contribution is -0.117. The number of carbonyl (C=O) groups is 2. The summed E-state index contributed by atoms with van der Waals surface area (Å²) in [5.74, 6) is -0.366. The highest BCUT2D eigenvalue weighted by Gasteiger charge is 2.14. The Hall–Kier alpha value is -3.72. The van der Waals surface area contributed by atoms with Gasteiger partial charge in [-0.2, -0.15) is 5.10 Å². The van der Waals surface area contributed by atoms with Crippen LogP contribution >= 0.6 is 11.8 Å². The van der Waals surface area contributed by atoms with Crippen molar-refractivity contribution in [1.29, 1.82) is 0 Å². The summed E-state index contributed by atoms with van der Waals surface area (Å²) < 4.78 is 1.72. The second-order valence-corrected chi connectivity index (χ2v) is 7.28. The van der Waals surface area contributed by atoms with Crippen LogP contribution in [0.15, 0.2) is 78.2 Å². The Balaban J connectivity index is 1.36. The topological polar surface area (TPSA) is 102 Å². The molecule has 4 aromatic rings. The van der Waals surface area contributed by atoms with Gasteiger partial charge in [0.25, 0.3) is 0 Å². The van der Waals surface area contributed by atoms with Gasteiger partial charge in [0.15, 0.2) is 5.65 Å². The van der Waals surface area contributed by atoms with Crippen molar-refractivity contribution in [3.8, 4) is 5.69 Å². The number of amides is 3. The van der Waals surface area contributed by atoms with Gasteiger partial charge in [0.1, 0.15) is 11.4 Å². The SMILES string of the molecule is O=C(CSc1ncnc2c1cnn2-c1ccccc1)NC(=O)NCc1ccccc1. The summed E-state index contributed by atoms with van der Waals surface area (Å²) in [6.07, 6.45) is 3.12. The molecule has 0 aliphatic heterocycles. The molecule has 2 aromatic heterocycles. The zero-order valence-corrected chi connectivity index (χ0v) is 16.7. The van der Waals surface area contributed by atoms with Gasteiger partial charge in [0, 0.05) is 6.54 Å². The molecule has 9 heteroatoms. The minimum absolute atomic E-state index is 0.0430. The summed E-state index contributed by atoms with van der Waals surface area (Å²) >= 11 is 1.23. The Bertz CT molecular complexity index is 1160. The predicted octanol–water partition coefficient (Wildman–Crippen LogP) is 2.93. The minimum atomic E-state index is -0.533. The normalized spacial score (nSPS) is 10.7. The summed E-state index contributed by atoms with van der Waals surface area (Å²) in [4.78, 5) is 32.6. The molecule has 3 amide bonds. The Kier molecular flexibility index (Phi) is 6.00. The molecule has 0 fully saturated rings. The summed E-state index contributed by atoms with van der Waals surface area (Å²) in [7, 11) is 0. The van der Waals surface area contributed by atoms with E-state index in [-0.39, 0.29) is 5.75 Å². The van der Waals surface area contributed by atoms with Crippen LogP contribution in [0.25, 0.3) is 16.7 Å². The quantitative estimate of drug-likeness (QED) is 0.369. The van der Waals surface area contributed by atoms with E-state index in [1.54, 1.807) is 10.9 Å². The monoisotopic (exact) mass is 418 g/mol. The van der Waals surface area contributed by atoms with Crippen molar-refractivity contribution in [2.45, 2.75) is 11.6 Å². The van der Waals surface area contributed by atoms with Crippen LogP contribution in [-0.4, -0.2) is 37.4 Å². The van der Waals surface area contributed by atoms with Crippen molar-refractivity contribution in [1.82, 2.24) is 30.4 Å². The van der Waals surface area contributed by atoms with E-state index >= 15 is 0 Å². The van der Waals surface area contributed by atoms with Crippen LogP contribution in [0, 0.1) is 0 Å². The highest BCUT2D eigenvalue weighted by molar-refractivity contribution is 8.00. The van der Waals surface area contributed by atoms with Crippen molar-refractivity contribution >= 4 is 34.7 Å². The molecule has 8 nitrogen and oxygen atoms in total. The van der Waals surface area contributed by atoms with E-state index in [1.165, 1.54) is 18.1 Å². The number of imide groups is 1. The molecule has 2 heterocycles. The average Bonchev–Trinajstić information content (AvgIpc) is 3.22. The fourth-order valence-corrected chi connectivity index (χ4v) is 3.58. The number of hydrogen-bond donors (Lipinski definition) is 2. The molecule has 0 atom stereocenters. The molecule has 0 bridgehead atoms. The first-order valence-electron chi connectivity index (χ1n) is 9.19. The van der Waals surface area contributed by atoms with Crippen molar-refractivity contribution in [2.24, 2.45) is 0 Å². The van der Waals surface area contributed by atoms with E-state index in [0.717, 1.165) is 16.6 Å². The molecule has 0 aliphatic rings. The van der Waals surface area contributed by atoms with E-state index in [4.69, 9.17) is 0 Å². The fraction of sp³-hybridized carbons (Fsp3) is 0.0952. The first kappa shape index (κ1) is 19.6. The summed E-state index contributed by atoms with van der Waals surface area (Å²) in [5.41, 5.74) is 2.49. The van der Waals surface area contributed by atoms with E-state index in [1.807, 2.05) is 60.7 Å². The molecule has 0 saturated heterocycles. The molecule has 0 aliphatic carbocycles. The average molecular weight is 418 g/mol. The highest BCUT2D eigenvalue weighted by Crippen LogP contribution is 2.25. The van der Waals surface area contributed by atoms with Gasteiger partial charge in [-0.05, 0) is 17.7 Å². The number of fused-ring (bicyclic) bond motifs is 1. The fourth-order valence-electron chi connectivity index (χ4n) is 2.81. The number of thioether (sulfide) groups is 1. The number of carbonyl (C=O) groups excluding carboxylic acids is 2. The van der Waals surface area contributed by atoms with E-state index in [2.05, 4.69) is 25.7 Å². The van der Waals surface area contributed by atoms with Crippen molar-refractivity contribution in [3.63, 3.8) is 0 Å². The third kappa shape index (κ3) is 4.64. The number of nitrogens with zero attached hydrogens (tertiary/aromatic N) is 4. The molecule has 150 valence electrons. The third-order valence-corrected chi connectivity index (χ3v) is 5.22. The Morgan fingerprint density at radius 2 is 1.70 bits per heavy atom. The van der Waals surface area contributed by atoms with Crippen LogP contribution in [0.5, 0.6) is 0 Å². The lowest BCUT2D eigenvalue weighted by Gasteiger charge is -2.07. The Morgan fingerprint density at radius 1 is 0.967 bits per heavy atom. The van der Waals surface area contributed by atoms with Crippen LogP contribution in [0.2, 0.25) is 0 Å².